The molecule has 1 atom stereocenters. The summed E-state index contributed by atoms with van der Waals surface area (Å²) in [4.78, 5) is 0. The highest BCUT2D eigenvalue weighted by atomic mass is 16.3. The van der Waals surface area contributed by atoms with Crippen molar-refractivity contribution in [3.8, 4) is 0 Å². The van der Waals surface area contributed by atoms with E-state index in [9.17, 15) is 5.11 Å². The zero-order chi connectivity index (χ0) is 14.0. The number of hydrogen-bond acceptors (Lipinski definition) is 1. The normalized spacial score (nSPS) is 33.0. The lowest BCUT2D eigenvalue weighted by atomic mass is 9.70. The average Bonchev–Trinajstić information content (AvgIpc) is 2.78. The maximum Gasteiger partial charge on any atom is 0.0890 e. The van der Waals surface area contributed by atoms with Crippen LogP contribution in [0.15, 0.2) is 48.5 Å². The minimum Gasteiger partial charge on any atom is -0.388 e. The molecule has 0 fully saturated rings. The second-order valence-corrected chi connectivity index (χ2v) is 6.41. The second kappa shape index (κ2) is 3.73. The first-order valence-corrected chi connectivity index (χ1v) is 7.55. The van der Waals surface area contributed by atoms with E-state index >= 15 is 0 Å². The quantitative estimate of drug-likeness (QED) is 0.869. The molecule has 102 valence electrons. The van der Waals surface area contributed by atoms with Crippen molar-refractivity contribution in [2.24, 2.45) is 0 Å². The summed E-state index contributed by atoms with van der Waals surface area (Å²) in [5.74, 6) is 0.139. The van der Waals surface area contributed by atoms with Crippen LogP contribution in [0.3, 0.4) is 0 Å². The minimum absolute atomic E-state index is 0.139. The molecule has 2 bridgehead atoms. The van der Waals surface area contributed by atoms with Crippen molar-refractivity contribution in [2.75, 3.05) is 0 Å². The van der Waals surface area contributed by atoms with Gasteiger partial charge in [-0.25, -0.2) is 0 Å². The predicted octanol–water partition coefficient (Wildman–Crippen LogP) is 3.98. The zero-order valence-corrected chi connectivity index (χ0v) is 12.1. The first kappa shape index (κ1) is 12.2. The Kier molecular flexibility index (Phi) is 2.27. The summed E-state index contributed by atoms with van der Waals surface area (Å²) < 4.78 is 0. The number of aliphatic hydroxyl groups is 1. The highest BCUT2D eigenvalue weighted by Gasteiger charge is 2.65. The number of fused-ring (bicyclic) bond motifs is 8. The van der Waals surface area contributed by atoms with Crippen molar-refractivity contribution < 1.29 is 5.11 Å². The highest BCUT2D eigenvalue weighted by molar-refractivity contribution is 5.67. The van der Waals surface area contributed by atoms with Crippen LogP contribution >= 0.6 is 0 Å². The summed E-state index contributed by atoms with van der Waals surface area (Å²) in [5.41, 5.74) is 4.35. The molecule has 0 amide bonds. The van der Waals surface area contributed by atoms with Crippen molar-refractivity contribution in [3.63, 3.8) is 0 Å². The van der Waals surface area contributed by atoms with Crippen LogP contribution in [0.2, 0.25) is 0 Å². The molecule has 1 nitrogen and oxygen atoms in total. The lowest BCUT2D eigenvalue weighted by Crippen LogP contribution is -2.45. The van der Waals surface area contributed by atoms with Crippen LogP contribution in [0, 0.1) is 0 Å². The summed E-state index contributed by atoms with van der Waals surface area (Å²) in [6.45, 7) is 4.39. The monoisotopic (exact) mass is 264 g/mol. The molecule has 2 aliphatic carbocycles. The van der Waals surface area contributed by atoms with E-state index in [1.54, 1.807) is 0 Å². The van der Waals surface area contributed by atoms with E-state index in [2.05, 4.69) is 62.4 Å². The molecule has 1 N–H and O–H groups in total. The van der Waals surface area contributed by atoms with Crippen molar-refractivity contribution >= 4 is 0 Å². The van der Waals surface area contributed by atoms with Crippen molar-refractivity contribution in [1.82, 2.24) is 0 Å². The molecule has 0 aliphatic heterocycles. The molecule has 0 heterocycles. The maximum atomic E-state index is 11.6. The van der Waals surface area contributed by atoms with Crippen molar-refractivity contribution in [1.29, 1.82) is 0 Å². The molecule has 1 unspecified atom stereocenters. The van der Waals surface area contributed by atoms with Gasteiger partial charge in [-0.3, -0.25) is 0 Å². The Balaban J connectivity index is 2.07. The largest absolute Gasteiger partial charge is 0.388 e. The molecule has 0 saturated carbocycles. The van der Waals surface area contributed by atoms with Gasteiger partial charge < -0.3 is 5.11 Å². The summed E-state index contributed by atoms with van der Waals surface area (Å²) in [5, 5.41) is 11.6. The predicted molar refractivity (Wildman–Crippen MR) is 81.0 cm³/mol. The summed E-state index contributed by atoms with van der Waals surface area (Å²) >= 11 is 0. The molecule has 2 aromatic carbocycles. The van der Waals surface area contributed by atoms with E-state index in [1.807, 2.05) is 0 Å². The van der Waals surface area contributed by atoms with Gasteiger partial charge in [-0.1, -0.05) is 61.9 Å². The Labute approximate surface area is 120 Å². The van der Waals surface area contributed by atoms with E-state index in [4.69, 9.17) is 0 Å². The fourth-order valence-corrected chi connectivity index (χ4v) is 4.77. The van der Waals surface area contributed by atoms with E-state index in [0.29, 0.717) is 0 Å². The Morgan fingerprint density at radius 2 is 1.45 bits per heavy atom. The molecule has 0 radical (unpaired) electrons. The Morgan fingerprint density at radius 3 is 1.95 bits per heavy atom. The van der Waals surface area contributed by atoms with Crippen molar-refractivity contribution in [3.05, 3.63) is 70.8 Å². The van der Waals surface area contributed by atoms with Crippen LogP contribution in [0.1, 0.15) is 54.9 Å². The number of benzene rings is 2. The van der Waals surface area contributed by atoms with E-state index in [1.165, 1.54) is 22.3 Å². The van der Waals surface area contributed by atoms with Gasteiger partial charge in [0.2, 0.25) is 0 Å². The molecule has 0 spiro atoms. The summed E-state index contributed by atoms with van der Waals surface area (Å²) in [6.07, 6.45) is 1.85. The van der Waals surface area contributed by atoms with Crippen LogP contribution in [0.4, 0.5) is 0 Å². The molecule has 2 aliphatic rings. The minimum atomic E-state index is -0.672. The highest BCUT2D eigenvalue weighted by Crippen LogP contribution is 2.66. The molecule has 1 heteroatoms. The summed E-state index contributed by atoms with van der Waals surface area (Å²) in [6, 6.07) is 17.2. The van der Waals surface area contributed by atoms with E-state index in [-0.39, 0.29) is 11.3 Å². The molecule has 4 rings (SSSR count). The fourth-order valence-electron chi connectivity index (χ4n) is 4.77. The fraction of sp³-hybridized carbons (Fsp3) is 0.368. The average molecular weight is 264 g/mol. The molecule has 20 heavy (non-hydrogen) atoms. The van der Waals surface area contributed by atoms with Crippen LogP contribution in [-0.4, -0.2) is 10.7 Å². The smallest absolute Gasteiger partial charge is 0.0890 e. The zero-order valence-electron chi connectivity index (χ0n) is 12.1. The molecule has 0 aromatic heterocycles. The molecule has 0 saturated heterocycles. The van der Waals surface area contributed by atoms with Gasteiger partial charge in [0, 0.05) is 11.3 Å². The van der Waals surface area contributed by atoms with Gasteiger partial charge in [0.05, 0.1) is 5.60 Å². The number of hydrogen-bond donors (Lipinski definition) is 1. The van der Waals surface area contributed by atoms with Gasteiger partial charge in [-0.15, -0.1) is 0 Å². The Bertz CT molecular complexity index is 640. The van der Waals surface area contributed by atoms with E-state index < -0.39 is 5.60 Å². The lowest BCUT2D eigenvalue weighted by molar-refractivity contribution is -0.0124. The van der Waals surface area contributed by atoms with Gasteiger partial charge in [0.1, 0.15) is 0 Å². The summed E-state index contributed by atoms with van der Waals surface area (Å²) in [7, 11) is 0. The van der Waals surface area contributed by atoms with Crippen LogP contribution in [0.5, 0.6) is 0 Å². The lowest BCUT2D eigenvalue weighted by Gasteiger charge is -2.38. The maximum absolute atomic E-state index is 11.6. The Hall–Kier alpha value is -1.60. The molecular formula is C19H20O. The van der Waals surface area contributed by atoms with Crippen molar-refractivity contribution in [2.45, 2.75) is 43.6 Å². The SMILES string of the molecule is CCCC1(O)C2c3ccccc3C1(C)c1ccccc12. The third kappa shape index (κ3) is 1.10. The van der Waals surface area contributed by atoms with Gasteiger partial charge in [-0.2, -0.15) is 0 Å². The second-order valence-electron chi connectivity index (χ2n) is 6.41. The topological polar surface area (TPSA) is 20.2 Å². The third-order valence-electron chi connectivity index (χ3n) is 5.60. The van der Waals surface area contributed by atoms with Crippen LogP contribution < -0.4 is 0 Å². The molecule has 2 aromatic rings. The van der Waals surface area contributed by atoms with Gasteiger partial charge in [0.15, 0.2) is 0 Å². The van der Waals surface area contributed by atoms with Gasteiger partial charge >= 0.3 is 0 Å². The van der Waals surface area contributed by atoms with E-state index in [0.717, 1.165) is 12.8 Å². The Morgan fingerprint density at radius 1 is 0.950 bits per heavy atom. The molecular weight excluding hydrogens is 244 g/mol. The third-order valence-corrected chi connectivity index (χ3v) is 5.60. The first-order valence-electron chi connectivity index (χ1n) is 7.55. The van der Waals surface area contributed by atoms with Gasteiger partial charge in [0.25, 0.3) is 0 Å². The van der Waals surface area contributed by atoms with Crippen LogP contribution in [-0.2, 0) is 5.41 Å². The van der Waals surface area contributed by atoms with Gasteiger partial charge in [-0.05, 0) is 35.6 Å². The first-order chi connectivity index (χ1) is 9.64. The van der Waals surface area contributed by atoms with Crippen LogP contribution in [0.25, 0.3) is 0 Å². The number of rotatable bonds is 2. The standard InChI is InChI=1S/C19H20O/c1-3-12-19(20)17-13-8-4-6-10-15(13)18(19,2)16-11-7-5-9-14(16)17/h4-11,17,20H,3,12H2,1-2H3.